The number of rotatable bonds is 3. The number of para-hydroxylation sites is 1. The van der Waals surface area contributed by atoms with Crippen LogP contribution < -0.4 is 5.32 Å². The molecule has 1 aromatic heterocycles. The first-order chi connectivity index (χ1) is 12.1. The molecule has 0 aliphatic carbocycles. The fourth-order valence-electron chi connectivity index (χ4n) is 4.20. The smallest absolute Gasteiger partial charge is 0.228 e. The highest BCUT2D eigenvalue weighted by Gasteiger charge is 2.54. The Kier molecular flexibility index (Phi) is 4.00. The summed E-state index contributed by atoms with van der Waals surface area (Å²) in [5, 5.41) is 3.75. The van der Waals surface area contributed by atoms with Gasteiger partial charge in [-0.15, -0.1) is 0 Å². The van der Waals surface area contributed by atoms with E-state index in [-0.39, 0.29) is 24.2 Å². The maximum Gasteiger partial charge on any atom is 0.228 e. The molecule has 132 valence electrons. The van der Waals surface area contributed by atoms with Crippen LogP contribution in [0.4, 0.5) is 0 Å². The molecule has 0 bridgehead atoms. The molecule has 3 heterocycles. The van der Waals surface area contributed by atoms with E-state index in [1.807, 2.05) is 29.2 Å². The van der Waals surface area contributed by atoms with Crippen molar-refractivity contribution in [2.75, 3.05) is 33.4 Å². The zero-order chi connectivity index (χ0) is 17.4. The Bertz CT molecular complexity index is 815. The Morgan fingerprint density at radius 2 is 2.20 bits per heavy atom. The summed E-state index contributed by atoms with van der Waals surface area (Å²) in [6.45, 7) is 2.14. The van der Waals surface area contributed by atoms with Gasteiger partial charge in [-0.2, -0.15) is 0 Å². The van der Waals surface area contributed by atoms with Crippen molar-refractivity contribution in [2.24, 2.45) is 11.3 Å². The van der Waals surface area contributed by atoms with Gasteiger partial charge in [-0.05, 0) is 12.5 Å². The van der Waals surface area contributed by atoms with Crippen LogP contribution in [-0.2, 0) is 20.7 Å². The van der Waals surface area contributed by atoms with Crippen LogP contribution in [-0.4, -0.2) is 50.1 Å². The number of furan rings is 1. The quantitative estimate of drug-likeness (QED) is 0.919. The highest BCUT2D eigenvalue weighted by molar-refractivity contribution is 5.89. The van der Waals surface area contributed by atoms with Crippen molar-refractivity contribution in [3.63, 3.8) is 0 Å². The molecule has 2 aliphatic heterocycles. The monoisotopic (exact) mass is 342 g/mol. The van der Waals surface area contributed by atoms with Gasteiger partial charge in [0.2, 0.25) is 11.8 Å². The molecule has 0 radical (unpaired) electrons. The topological polar surface area (TPSA) is 71.8 Å². The summed E-state index contributed by atoms with van der Waals surface area (Å²) in [6, 6.07) is 7.71. The number of hydrogen-bond donors (Lipinski definition) is 1. The van der Waals surface area contributed by atoms with E-state index in [1.54, 1.807) is 13.3 Å². The SMILES string of the molecule is CNC(=O)[C@]12CCOC[C@H]1CN(C(=O)Cc1coc3ccccc13)C2. The Hall–Kier alpha value is -2.34. The van der Waals surface area contributed by atoms with Crippen molar-refractivity contribution in [3.8, 4) is 0 Å². The number of carbonyl (C=O) groups excluding carboxylic acids is 2. The van der Waals surface area contributed by atoms with E-state index in [0.29, 0.717) is 32.7 Å². The standard InChI is InChI=1S/C19H22N2O4/c1-20-18(23)19-6-7-24-11-14(19)9-21(12-19)17(22)8-13-10-25-16-5-3-2-4-15(13)16/h2-5,10,14H,6-9,11-12H2,1H3,(H,20,23)/t14-,19+/m1/s1. The lowest BCUT2D eigenvalue weighted by Crippen LogP contribution is -2.49. The fraction of sp³-hybridized carbons (Fsp3) is 0.474. The molecule has 2 fully saturated rings. The third-order valence-electron chi connectivity index (χ3n) is 5.64. The zero-order valence-corrected chi connectivity index (χ0v) is 14.3. The summed E-state index contributed by atoms with van der Waals surface area (Å²) in [6.07, 6.45) is 2.60. The van der Waals surface area contributed by atoms with Gasteiger partial charge in [-0.1, -0.05) is 18.2 Å². The highest BCUT2D eigenvalue weighted by Crippen LogP contribution is 2.42. The molecule has 2 atom stereocenters. The summed E-state index contributed by atoms with van der Waals surface area (Å²) < 4.78 is 11.1. The van der Waals surface area contributed by atoms with Gasteiger partial charge in [0, 0.05) is 43.6 Å². The van der Waals surface area contributed by atoms with Crippen molar-refractivity contribution in [1.82, 2.24) is 10.2 Å². The van der Waals surface area contributed by atoms with Gasteiger partial charge in [0.1, 0.15) is 5.58 Å². The molecular formula is C19H22N2O4. The molecular weight excluding hydrogens is 320 g/mol. The number of ether oxygens (including phenoxy) is 1. The van der Waals surface area contributed by atoms with Gasteiger partial charge in [0.05, 0.1) is 24.7 Å². The highest BCUT2D eigenvalue weighted by atomic mass is 16.5. The maximum absolute atomic E-state index is 12.9. The molecule has 1 N–H and O–H groups in total. The van der Waals surface area contributed by atoms with E-state index in [4.69, 9.17) is 9.15 Å². The minimum atomic E-state index is -0.513. The lowest BCUT2D eigenvalue weighted by atomic mass is 9.73. The minimum Gasteiger partial charge on any atom is -0.464 e. The number of likely N-dealkylation sites (tertiary alicyclic amines) is 1. The van der Waals surface area contributed by atoms with E-state index in [1.165, 1.54) is 0 Å². The van der Waals surface area contributed by atoms with Gasteiger partial charge in [-0.25, -0.2) is 0 Å². The number of hydrogen-bond acceptors (Lipinski definition) is 4. The Morgan fingerprint density at radius 3 is 3.04 bits per heavy atom. The molecule has 6 heteroatoms. The van der Waals surface area contributed by atoms with Crippen LogP contribution in [0.15, 0.2) is 34.9 Å². The second kappa shape index (κ2) is 6.19. The largest absolute Gasteiger partial charge is 0.464 e. The Balaban J connectivity index is 1.54. The fourth-order valence-corrected chi connectivity index (χ4v) is 4.20. The minimum absolute atomic E-state index is 0.0184. The first-order valence-corrected chi connectivity index (χ1v) is 8.67. The van der Waals surface area contributed by atoms with E-state index >= 15 is 0 Å². The molecule has 2 aromatic rings. The Morgan fingerprint density at radius 1 is 1.36 bits per heavy atom. The third kappa shape index (κ3) is 2.61. The first kappa shape index (κ1) is 16.1. The van der Waals surface area contributed by atoms with Crippen LogP contribution in [0.1, 0.15) is 12.0 Å². The molecule has 1 aromatic carbocycles. The van der Waals surface area contributed by atoms with Gasteiger partial charge < -0.3 is 19.4 Å². The molecule has 4 rings (SSSR count). The normalized spacial score (nSPS) is 25.8. The molecule has 2 aliphatic rings. The lowest BCUT2D eigenvalue weighted by molar-refractivity contribution is -0.139. The molecule has 2 saturated heterocycles. The number of nitrogens with one attached hydrogen (secondary N) is 1. The summed E-state index contributed by atoms with van der Waals surface area (Å²) in [7, 11) is 1.66. The molecule has 0 saturated carbocycles. The van der Waals surface area contributed by atoms with Crippen molar-refractivity contribution < 1.29 is 18.7 Å². The molecule has 25 heavy (non-hydrogen) atoms. The molecule has 0 unspecified atom stereocenters. The van der Waals surface area contributed by atoms with Crippen LogP contribution in [0.2, 0.25) is 0 Å². The molecule has 2 amide bonds. The van der Waals surface area contributed by atoms with E-state index in [0.717, 1.165) is 16.5 Å². The van der Waals surface area contributed by atoms with Crippen molar-refractivity contribution in [2.45, 2.75) is 12.8 Å². The number of fused-ring (bicyclic) bond motifs is 2. The van der Waals surface area contributed by atoms with Crippen molar-refractivity contribution >= 4 is 22.8 Å². The zero-order valence-electron chi connectivity index (χ0n) is 14.3. The molecule has 0 spiro atoms. The summed E-state index contributed by atoms with van der Waals surface area (Å²) in [5.41, 5.74) is 1.16. The van der Waals surface area contributed by atoms with Gasteiger partial charge in [-0.3, -0.25) is 9.59 Å². The predicted molar refractivity (Wildman–Crippen MR) is 91.9 cm³/mol. The lowest BCUT2D eigenvalue weighted by Gasteiger charge is -2.36. The van der Waals surface area contributed by atoms with Crippen LogP contribution in [0.5, 0.6) is 0 Å². The molecule has 6 nitrogen and oxygen atoms in total. The maximum atomic E-state index is 12.9. The summed E-state index contributed by atoms with van der Waals surface area (Å²) in [4.78, 5) is 27.2. The number of amides is 2. The number of benzene rings is 1. The van der Waals surface area contributed by atoms with Crippen molar-refractivity contribution in [3.05, 3.63) is 36.1 Å². The van der Waals surface area contributed by atoms with Crippen LogP contribution in [0.25, 0.3) is 11.0 Å². The van der Waals surface area contributed by atoms with Gasteiger partial charge >= 0.3 is 0 Å². The first-order valence-electron chi connectivity index (χ1n) is 8.67. The number of nitrogens with zero attached hydrogens (tertiary/aromatic N) is 1. The van der Waals surface area contributed by atoms with Crippen molar-refractivity contribution in [1.29, 1.82) is 0 Å². The van der Waals surface area contributed by atoms with Gasteiger partial charge in [0.15, 0.2) is 0 Å². The second-order valence-corrected chi connectivity index (χ2v) is 6.97. The van der Waals surface area contributed by atoms with Gasteiger partial charge in [0.25, 0.3) is 0 Å². The average molecular weight is 342 g/mol. The second-order valence-electron chi connectivity index (χ2n) is 6.97. The summed E-state index contributed by atoms with van der Waals surface area (Å²) in [5.74, 6) is 0.111. The van der Waals surface area contributed by atoms with E-state index < -0.39 is 5.41 Å². The van der Waals surface area contributed by atoms with Crippen LogP contribution in [0, 0.1) is 11.3 Å². The van der Waals surface area contributed by atoms with Crippen LogP contribution >= 0.6 is 0 Å². The van der Waals surface area contributed by atoms with Crippen LogP contribution in [0.3, 0.4) is 0 Å². The number of carbonyl (C=O) groups is 2. The van der Waals surface area contributed by atoms with E-state index in [9.17, 15) is 9.59 Å². The predicted octanol–water partition coefficient (Wildman–Crippen LogP) is 1.59. The summed E-state index contributed by atoms with van der Waals surface area (Å²) >= 11 is 0. The average Bonchev–Trinajstić information content (AvgIpc) is 3.23. The third-order valence-corrected chi connectivity index (χ3v) is 5.64. The Labute approximate surface area is 146 Å². The van der Waals surface area contributed by atoms with E-state index in [2.05, 4.69) is 5.32 Å².